The number of aliphatic carboxylic acids is 1. The number of carbonyl (C=O) groups is 1. The first-order valence-corrected chi connectivity index (χ1v) is 4.45. The lowest BCUT2D eigenvalue weighted by Crippen LogP contribution is -1.97. The Bertz CT molecular complexity index is 184. The van der Waals surface area contributed by atoms with Gasteiger partial charge in [0.25, 0.3) is 0 Å². The molecule has 1 fully saturated rings. The minimum atomic E-state index is -0.692. The van der Waals surface area contributed by atoms with Crippen molar-refractivity contribution in [3.05, 3.63) is 9.47 Å². The third-order valence-electron chi connectivity index (χ3n) is 1.50. The summed E-state index contributed by atoms with van der Waals surface area (Å²) < 4.78 is 0.841. The Kier molecular flexibility index (Phi) is 2.52. The Morgan fingerprint density at radius 2 is 2.20 bits per heavy atom. The molecule has 10 heavy (non-hydrogen) atoms. The molecule has 0 aromatic rings. The zero-order chi connectivity index (χ0) is 7.72. The first-order chi connectivity index (χ1) is 4.61. The number of carboxylic acid groups (broad SMARTS) is 1. The summed E-state index contributed by atoms with van der Waals surface area (Å²) in [5.74, 6) is -0.612. The van der Waals surface area contributed by atoms with Crippen LogP contribution in [0.4, 0.5) is 0 Å². The van der Waals surface area contributed by atoms with Gasteiger partial charge in [0.1, 0.15) is 0 Å². The van der Waals surface area contributed by atoms with Gasteiger partial charge in [-0.05, 0) is 44.2 Å². The van der Waals surface area contributed by atoms with Crippen LogP contribution in [0, 0.1) is 11.8 Å². The topological polar surface area (TPSA) is 37.3 Å². The van der Waals surface area contributed by atoms with Crippen LogP contribution < -0.4 is 0 Å². The highest BCUT2D eigenvalue weighted by molar-refractivity contribution is 9.28. The van der Waals surface area contributed by atoms with E-state index in [0.717, 1.165) is 9.81 Å². The maximum atomic E-state index is 10.3. The zero-order valence-electron chi connectivity index (χ0n) is 5.05. The van der Waals surface area contributed by atoms with E-state index < -0.39 is 5.97 Å². The average Bonchev–Trinajstić information content (AvgIpc) is 2.43. The van der Waals surface area contributed by atoms with Crippen LogP contribution in [0.2, 0.25) is 0 Å². The quantitative estimate of drug-likeness (QED) is 0.836. The fraction of sp³-hybridized carbons (Fsp3) is 0.500. The first kappa shape index (κ1) is 8.27. The van der Waals surface area contributed by atoms with Crippen LogP contribution in [0.1, 0.15) is 6.42 Å². The van der Waals surface area contributed by atoms with E-state index in [1.54, 1.807) is 0 Å². The molecule has 0 spiro atoms. The number of hydrogen-bond acceptors (Lipinski definition) is 1. The van der Waals surface area contributed by atoms with E-state index in [1.807, 2.05) is 6.08 Å². The van der Waals surface area contributed by atoms with Crippen molar-refractivity contribution >= 4 is 37.8 Å². The Labute approximate surface area is 75.6 Å². The number of rotatable bonds is 2. The lowest BCUT2D eigenvalue weighted by Gasteiger charge is -1.85. The van der Waals surface area contributed by atoms with E-state index in [9.17, 15) is 4.79 Å². The van der Waals surface area contributed by atoms with Crippen molar-refractivity contribution in [2.45, 2.75) is 6.42 Å². The maximum Gasteiger partial charge on any atom is 0.307 e. The van der Waals surface area contributed by atoms with Gasteiger partial charge in [-0.1, -0.05) is 6.08 Å². The highest BCUT2D eigenvalue weighted by Crippen LogP contribution is 2.41. The third-order valence-corrected chi connectivity index (χ3v) is 2.03. The fourth-order valence-electron chi connectivity index (χ4n) is 0.845. The maximum absolute atomic E-state index is 10.3. The molecule has 1 rings (SSSR count). The van der Waals surface area contributed by atoms with Crippen LogP contribution >= 0.6 is 31.9 Å². The van der Waals surface area contributed by atoms with E-state index in [2.05, 4.69) is 31.9 Å². The van der Waals surface area contributed by atoms with E-state index in [-0.39, 0.29) is 11.8 Å². The van der Waals surface area contributed by atoms with Gasteiger partial charge >= 0.3 is 5.97 Å². The van der Waals surface area contributed by atoms with Gasteiger partial charge in [0.05, 0.1) is 9.31 Å². The molecule has 1 N–H and O–H groups in total. The van der Waals surface area contributed by atoms with Gasteiger partial charge in [0, 0.05) is 0 Å². The van der Waals surface area contributed by atoms with Crippen molar-refractivity contribution in [1.29, 1.82) is 0 Å². The first-order valence-electron chi connectivity index (χ1n) is 2.87. The predicted molar refractivity (Wildman–Crippen MR) is 45.2 cm³/mol. The lowest BCUT2D eigenvalue weighted by atomic mass is 10.3. The number of carboxylic acids is 1. The second-order valence-electron chi connectivity index (χ2n) is 2.30. The smallest absolute Gasteiger partial charge is 0.307 e. The summed E-state index contributed by atoms with van der Waals surface area (Å²) >= 11 is 6.35. The molecule has 0 heterocycles. The summed E-state index contributed by atoms with van der Waals surface area (Å²) in [6.07, 6.45) is 2.65. The molecule has 0 radical (unpaired) electrons. The molecule has 1 aliphatic rings. The highest BCUT2D eigenvalue weighted by Gasteiger charge is 2.41. The summed E-state index contributed by atoms with van der Waals surface area (Å²) in [6.45, 7) is 0. The Morgan fingerprint density at radius 1 is 1.60 bits per heavy atom. The largest absolute Gasteiger partial charge is 0.481 e. The molecule has 56 valence electrons. The number of allylic oxidation sites excluding steroid dienone is 1. The van der Waals surface area contributed by atoms with Gasteiger partial charge in [0.15, 0.2) is 0 Å². The molecular weight excluding hydrogens is 264 g/mol. The van der Waals surface area contributed by atoms with Crippen LogP contribution in [0.3, 0.4) is 0 Å². The third kappa shape index (κ3) is 2.09. The molecule has 2 unspecified atom stereocenters. The second-order valence-corrected chi connectivity index (χ2v) is 5.07. The van der Waals surface area contributed by atoms with Crippen molar-refractivity contribution in [3.63, 3.8) is 0 Å². The van der Waals surface area contributed by atoms with E-state index in [1.165, 1.54) is 0 Å². The molecule has 2 atom stereocenters. The SMILES string of the molecule is O=C(O)C1CC1C=C(Br)Br. The molecule has 1 aliphatic carbocycles. The molecule has 0 aliphatic heterocycles. The fourth-order valence-corrected chi connectivity index (χ4v) is 1.52. The van der Waals surface area contributed by atoms with Crippen molar-refractivity contribution in [2.24, 2.45) is 11.8 Å². The second kappa shape index (κ2) is 3.05. The zero-order valence-corrected chi connectivity index (χ0v) is 8.22. The van der Waals surface area contributed by atoms with Crippen LogP contribution in [0.25, 0.3) is 0 Å². The minimum Gasteiger partial charge on any atom is -0.481 e. The van der Waals surface area contributed by atoms with Gasteiger partial charge in [-0.25, -0.2) is 0 Å². The molecule has 4 heteroatoms. The molecule has 0 saturated heterocycles. The summed E-state index contributed by atoms with van der Waals surface area (Å²) in [6, 6.07) is 0. The van der Waals surface area contributed by atoms with Crippen LogP contribution in [0.5, 0.6) is 0 Å². The number of hydrogen-bond donors (Lipinski definition) is 1. The van der Waals surface area contributed by atoms with Crippen molar-refractivity contribution < 1.29 is 9.90 Å². The van der Waals surface area contributed by atoms with Gasteiger partial charge < -0.3 is 5.11 Å². The monoisotopic (exact) mass is 268 g/mol. The molecular formula is C6H6Br2O2. The van der Waals surface area contributed by atoms with Crippen molar-refractivity contribution in [3.8, 4) is 0 Å². The lowest BCUT2D eigenvalue weighted by molar-refractivity contribution is -0.138. The van der Waals surface area contributed by atoms with Gasteiger partial charge in [-0.2, -0.15) is 0 Å². The molecule has 0 aromatic carbocycles. The van der Waals surface area contributed by atoms with E-state index in [4.69, 9.17) is 5.11 Å². The Balaban J connectivity index is 2.40. The molecule has 0 amide bonds. The van der Waals surface area contributed by atoms with E-state index in [0.29, 0.717) is 0 Å². The number of halogens is 2. The summed E-state index contributed by atoms with van der Waals surface area (Å²) in [5.41, 5.74) is 0. The van der Waals surface area contributed by atoms with Crippen molar-refractivity contribution in [1.82, 2.24) is 0 Å². The van der Waals surface area contributed by atoms with Crippen molar-refractivity contribution in [2.75, 3.05) is 0 Å². The van der Waals surface area contributed by atoms with Crippen LogP contribution in [-0.2, 0) is 4.79 Å². The van der Waals surface area contributed by atoms with E-state index >= 15 is 0 Å². The Hall–Kier alpha value is 0.170. The Morgan fingerprint density at radius 3 is 2.50 bits per heavy atom. The normalized spacial score (nSPS) is 29.4. The highest BCUT2D eigenvalue weighted by atomic mass is 79.9. The molecule has 0 bridgehead atoms. The van der Waals surface area contributed by atoms with Gasteiger partial charge in [0.2, 0.25) is 0 Å². The minimum absolute atomic E-state index is 0.148. The summed E-state index contributed by atoms with van der Waals surface area (Å²) in [7, 11) is 0. The molecule has 1 saturated carbocycles. The molecule has 0 aromatic heterocycles. The summed E-state index contributed by atoms with van der Waals surface area (Å²) in [4.78, 5) is 10.3. The summed E-state index contributed by atoms with van der Waals surface area (Å²) in [5, 5.41) is 8.48. The van der Waals surface area contributed by atoms with Crippen LogP contribution in [0.15, 0.2) is 9.47 Å². The van der Waals surface area contributed by atoms with Crippen LogP contribution in [-0.4, -0.2) is 11.1 Å². The van der Waals surface area contributed by atoms with Gasteiger partial charge in [-0.15, -0.1) is 0 Å². The standard InChI is InChI=1S/C6H6Br2O2/c7-5(8)2-3-1-4(3)6(9)10/h2-4H,1H2,(H,9,10). The predicted octanol–water partition coefficient (Wildman–Crippen LogP) is 2.34. The average molecular weight is 270 g/mol. The molecule has 2 nitrogen and oxygen atoms in total. The van der Waals surface area contributed by atoms with Gasteiger partial charge in [-0.3, -0.25) is 4.79 Å².